The molecule has 80 heavy (non-hydrogen) atoms. The highest BCUT2D eigenvalue weighted by molar-refractivity contribution is 9.08. The summed E-state index contributed by atoms with van der Waals surface area (Å²) < 4.78 is 181. The molecule has 0 aliphatic carbocycles. The molecule has 8 aromatic rings. The van der Waals surface area contributed by atoms with Crippen molar-refractivity contribution in [3.8, 4) is 33.8 Å². The van der Waals surface area contributed by atoms with Gasteiger partial charge in [-0.15, -0.1) is 0 Å². The average Bonchev–Trinajstić information content (AvgIpc) is 3.98. The van der Waals surface area contributed by atoms with Crippen LogP contribution in [0, 0.1) is 0 Å². The fourth-order valence-corrected chi connectivity index (χ4v) is 11.8. The van der Waals surface area contributed by atoms with E-state index >= 15 is 0 Å². The number of hydrogen-bond donors (Lipinski definition) is 4. The first-order valence-corrected chi connectivity index (χ1v) is 30.4. The van der Waals surface area contributed by atoms with Crippen molar-refractivity contribution in [3.63, 3.8) is 0 Å². The van der Waals surface area contributed by atoms with Crippen LogP contribution >= 0.6 is 15.9 Å². The number of ether oxygens (including phenoxy) is 2. The molecule has 0 aliphatic heterocycles. The number of sulfone groups is 4. The first kappa shape index (κ1) is 62.3. The molecule has 8 rings (SSSR count). The van der Waals surface area contributed by atoms with Gasteiger partial charge in [0.2, 0.25) is 0 Å². The fraction of sp³-hybridized carbons (Fsp3) is 0.235. The average molecular weight is 1260 g/mol. The molecule has 29 heteroatoms. The number of phenolic OH excluding ortho intramolecular Hbond substituents is 1. The van der Waals surface area contributed by atoms with Crippen LogP contribution in [0.3, 0.4) is 0 Å². The van der Waals surface area contributed by atoms with Gasteiger partial charge in [0.15, 0.2) is 19.7 Å². The number of rotatable bonds is 14. The predicted octanol–water partition coefficient (Wildman–Crippen LogP) is 9.70. The van der Waals surface area contributed by atoms with Gasteiger partial charge in [0.25, 0.3) is 19.7 Å². The monoisotopic (exact) mass is 1260 g/mol. The molecule has 0 amide bonds. The normalized spacial score (nSPS) is 12.6. The summed E-state index contributed by atoms with van der Waals surface area (Å²) in [5, 5.41) is 27.3. The second-order valence-electron chi connectivity index (χ2n) is 17.8. The number of aliphatic hydroxyl groups excluding tert-OH is 2. The molecule has 0 saturated carbocycles. The topological polar surface area (TPSA) is 279 Å². The Morgan fingerprint density at radius 2 is 1.10 bits per heavy atom. The van der Waals surface area contributed by atoms with Crippen LogP contribution in [0.1, 0.15) is 32.4 Å². The number of carbonyl (C=O) groups excluding carboxylic acids is 1. The van der Waals surface area contributed by atoms with Gasteiger partial charge < -0.3 is 29.8 Å². The van der Waals surface area contributed by atoms with Gasteiger partial charge in [-0.2, -0.15) is 26.3 Å². The van der Waals surface area contributed by atoms with Crippen LogP contribution < -0.4 is 4.74 Å². The number of aliphatic hydroxyl groups is 2. The van der Waals surface area contributed by atoms with Crippen molar-refractivity contribution in [2.24, 2.45) is 0 Å². The van der Waals surface area contributed by atoms with Crippen LogP contribution in [0.4, 0.5) is 31.1 Å². The summed E-state index contributed by atoms with van der Waals surface area (Å²) >= 11 is 3.36. The lowest BCUT2D eigenvalue weighted by atomic mass is 10.1. The van der Waals surface area contributed by atoms with E-state index in [-0.39, 0.29) is 33.6 Å². The number of imidazole rings is 2. The molecule has 6 aromatic carbocycles. The maximum atomic E-state index is 12.7. The number of H-pyrrole nitrogens is 1. The molecule has 0 bridgehead atoms. The van der Waals surface area contributed by atoms with E-state index in [1.54, 1.807) is 93.6 Å². The van der Waals surface area contributed by atoms with E-state index in [1.807, 2.05) is 0 Å². The Hall–Kier alpha value is -6.89. The summed E-state index contributed by atoms with van der Waals surface area (Å²) in [7, 11) is -18.1. The zero-order valence-corrected chi connectivity index (χ0v) is 46.7. The fourth-order valence-electron chi connectivity index (χ4n) is 7.37. The van der Waals surface area contributed by atoms with Gasteiger partial charge in [-0.25, -0.2) is 53.0 Å². The molecule has 0 unspecified atom stereocenters. The van der Waals surface area contributed by atoms with E-state index in [0.29, 0.717) is 73.4 Å². The van der Waals surface area contributed by atoms with Crippen molar-refractivity contribution in [2.45, 2.75) is 68.9 Å². The molecule has 0 aliphatic rings. The van der Waals surface area contributed by atoms with Gasteiger partial charge in [0.05, 0.1) is 71.7 Å². The Balaban J connectivity index is 0.000000211. The smallest absolute Gasteiger partial charge is 0.501 e. The molecular formula is C51H47BrF6N4O14S4. The molecule has 4 N–H and O–H groups in total. The minimum Gasteiger partial charge on any atom is -0.508 e. The Kier molecular flexibility index (Phi) is 19.0. The second-order valence-corrected chi connectivity index (χ2v) is 26.4. The quantitative estimate of drug-likeness (QED) is 0.0582. The molecule has 0 saturated heterocycles. The second kappa shape index (κ2) is 24.5. The van der Waals surface area contributed by atoms with Gasteiger partial charge in [-0.05, 0) is 117 Å². The first-order valence-electron chi connectivity index (χ1n) is 23.0. The number of fused-ring (bicyclic) bond motifs is 2. The third-order valence-electron chi connectivity index (χ3n) is 11.0. The van der Waals surface area contributed by atoms with E-state index in [9.17, 15) is 64.8 Å². The lowest BCUT2D eigenvalue weighted by molar-refractivity contribution is -0.0442. The van der Waals surface area contributed by atoms with Crippen LogP contribution in [0.2, 0.25) is 0 Å². The number of carbonyl (C=O) groups is 1. The number of benzene rings is 6. The number of halogens is 7. The molecule has 0 atom stereocenters. The molecular weight excluding hydrogens is 1210 g/mol. The van der Waals surface area contributed by atoms with Gasteiger partial charge in [0, 0.05) is 11.1 Å². The van der Waals surface area contributed by atoms with Gasteiger partial charge in [-0.3, -0.25) is 0 Å². The molecule has 2 heterocycles. The SMILES string of the molecule is CC(C)(C)OC(=O)n1c(CBr)nc2cc(-c3ccccc3S(=O)(=O)CCO)ccc21.O=S(=O)(CCO)c1ccccc1-c1ccc2nc(COc3ccc(S(=O)(=O)C(F)(F)F)cc3)[nH]c2c1.O=S(=O)(c1ccc(O)cc1)C(F)(F)F. The first-order chi connectivity index (χ1) is 37.2. The lowest BCUT2D eigenvalue weighted by Crippen LogP contribution is -2.27. The van der Waals surface area contributed by atoms with Crippen LogP contribution in [-0.2, 0) is 56.0 Å². The van der Waals surface area contributed by atoms with Gasteiger partial charge in [-0.1, -0.05) is 64.5 Å². The summed E-state index contributed by atoms with van der Waals surface area (Å²) in [6.45, 7) is 4.33. The number of nitrogens with zero attached hydrogens (tertiary/aromatic N) is 3. The largest absolute Gasteiger partial charge is 0.508 e. The summed E-state index contributed by atoms with van der Waals surface area (Å²) in [6.07, 6.45) is -0.530. The molecule has 0 radical (unpaired) electrons. The van der Waals surface area contributed by atoms with Crippen molar-refractivity contribution in [1.29, 1.82) is 0 Å². The summed E-state index contributed by atoms with van der Waals surface area (Å²) in [4.78, 5) is 23.1. The number of alkyl halides is 7. The van der Waals surface area contributed by atoms with Crippen LogP contribution in [-0.4, -0.2) is 116 Å². The summed E-state index contributed by atoms with van der Waals surface area (Å²) in [6, 6.07) is 30.4. The summed E-state index contributed by atoms with van der Waals surface area (Å²) in [5.74, 6) is -0.0481. The third-order valence-corrected chi connectivity index (χ3v) is 18.0. The van der Waals surface area contributed by atoms with E-state index in [0.717, 1.165) is 36.4 Å². The van der Waals surface area contributed by atoms with Crippen LogP contribution in [0.25, 0.3) is 44.3 Å². The minimum absolute atomic E-state index is 0.0865. The maximum Gasteiger partial charge on any atom is 0.501 e. The predicted molar refractivity (Wildman–Crippen MR) is 285 cm³/mol. The van der Waals surface area contributed by atoms with Crippen molar-refractivity contribution in [1.82, 2.24) is 19.5 Å². The zero-order valence-electron chi connectivity index (χ0n) is 41.9. The lowest BCUT2D eigenvalue weighted by Gasteiger charge is -2.20. The highest BCUT2D eigenvalue weighted by Gasteiger charge is 2.47. The van der Waals surface area contributed by atoms with Gasteiger partial charge >= 0.3 is 17.1 Å². The highest BCUT2D eigenvalue weighted by atomic mass is 79.9. The molecule has 2 aromatic heterocycles. The van der Waals surface area contributed by atoms with E-state index in [4.69, 9.17) is 24.8 Å². The number of aromatic hydroxyl groups is 1. The van der Waals surface area contributed by atoms with Gasteiger partial charge in [0.1, 0.15) is 35.4 Å². The van der Waals surface area contributed by atoms with E-state index in [2.05, 4.69) is 30.9 Å². The van der Waals surface area contributed by atoms with Crippen molar-refractivity contribution < 1.29 is 89.6 Å². The molecule has 0 spiro atoms. The number of phenols is 1. The Morgan fingerprint density at radius 1 is 0.625 bits per heavy atom. The number of hydrogen-bond acceptors (Lipinski definition) is 16. The number of aromatic amines is 1. The van der Waals surface area contributed by atoms with Crippen molar-refractivity contribution in [3.05, 3.63) is 145 Å². The van der Waals surface area contributed by atoms with Crippen molar-refractivity contribution >= 4 is 83.4 Å². The Labute approximate surface area is 462 Å². The van der Waals surface area contributed by atoms with Crippen LogP contribution in [0.5, 0.6) is 11.5 Å². The molecule has 18 nitrogen and oxygen atoms in total. The minimum atomic E-state index is -5.44. The molecule has 428 valence electrons. The van der Waals surface area contributed by atoms with Crippen molar-refractivity contribution in [2.75, 3.05) is 24.7 Å². The highest BCUT2D eigenvalue weighted by Crippen LogP contribution is 2.35. The Bertz CT molecular complexity index is 4000. The zero-order chi connectivity index (χ0) is 59.2. The number of nitrogens with one attached hydrogen (secondary N) is 1. The molecule has 0 fully saturated rings. The third kappa shape index (κ3) is 14.5. The maximum absolute atomic E-state index is 12.7. The van der Waals surface area contributed by atoms with E-state index in [1.165, 1.54) is 16.7 Å². The number of aromatic nitrogens is 4. The van der Waals surface area contributed by atoms with Crippen LogP contribution in [0.15, 0.2) is 153 Å². The van der Waals surface area contributed by atoms with E-state index < -0.39 is 90.8 Å². The Morgan fingerprint density at radius 3 is 1.57 bits per heavy atom. The standard InChI is InChI=1S/C23H19F3N2O6S2.C21H23BrN2O5S.C7H5F3O3S/c24-23(25,26)36(32,33)17-8-6-16(7-9-17)34-14-22-27-19-10-5-15(13-20(19)28-22)18-3-1-2-4-21(18)35(30,31)12-11-29;1-21(2,3)29-20(26)24-17-9-8-14(12-16(17)23-19(24)13-22)15-6-4-5-7-18(15)30(27,28)11-10-25;8-7(9,10)14(12,13)6-3-1-5(11)2-4-6/h1-10,13,29H,11-12,14H2,(H,27,28);4-9,12,25H,10-11,13H2,1-3H3;1-4,11H. The summed E-state index contributed by atoms with van der Waals surface area (Å²) in [5.41, 5.74) is -6.86.